The maximum atomic E-state index is 11.5. The van der Waals surface area contributed by atoms with Crippen molar-refractivity contribution in [3.8, 4) is 0 Å². The van der Waals surface area contributed by atoms with Crippen LogP contribution in [0.15, 0.2) is 28.0 Å². The van der Waals surface area contributed by atoms with E-state index in [1.165, 1.54) is 0 Å². The van der Waals surface area contributed by atoms with Gasteiger partial charge in [0.25, 0.3) is 0 Å². The fourth-order valence-electron chi connectivity index (χ4n) is 1.22. The van der Waals surface area contributed by atoms with Gasteiger partial charge in [-0.3, -0.25) is 4.79 Å². The number of carbonyl (C=O) groups excluding carboxylic acids is 1. The molecule has 0 radical (unpaired) electrons. The topological polar surface area (TPSA) is 54.4 Å². The second kappa shape index (κ2) is 5.70. The number of hydrazone groups is 1. The van der Waals surface area contributed by atoms with Gasteiger partial charge in [-0.25, -0.2) is 10.4 Å². The molecule has 1 N–H and O–H groups in total. The summed E-state index contributed by atoms with van der Waals surface area (Å²) in [5.41, 5.74) is 3.25. The summed E-state index contributed by atoms with van der Waals surface area (Å²) < 4.78 is 0. The van der Waals surface area contributed by atoms with Crippen LogP contribution in [0.2, 0.25) is 0 Å². The molecule has 2 aromatic rings. The summed E-state index contributed by atoms with van der Waals surface area (Å²) in [7, 11) is 0. The van der Waals surface area contributed by atoms with E-state index in [9.17, 15) is 4.79 Å². The number of thiazole rings is 1. The van der Waals surface area contributed by atoms with Crippen molar-refractivity contribution in [1.29, 1.82) is 0 Å². The molecule has 6 heteroatoms. The van der Waals surface area contributed by atoms with Crippen LogP contribution in [0.3, 0.4) is 0 Å². The van der Waals surface area contributed by atoms with E-state index in [4.69, 9.17) is 0 Å². The molecule has 0 aliphatic rings. The molecule has 0 aromatic carbocycles. The quantitative estimate of drug-likeness (QED) is 0.680. The van der Waals surface area contributed by atoms with Crippen LogP contribution in [-0.2, 0) is 11.2 Å². The van der Waals surface area contributed by atoms with E-state index < -0.39 is 0 Å². The monoisotopic (exact) mass is 265 g/mol. The number of hydrogen-bond donors (Lipinski definition) is 1. The third kappa shape index (κ3) is 3.76. The smallest absolute Gasteiger partial charge is 0.245 e. The van der Waals surface area contributed by atoms with E-state index in [2.05, 4.69) is 15.5 Å². The molecule has 17 heavy (non-hydrogen) atoms. The molecular weight excluding hydrogens is 254 g/mol. The molecule has 0 saturated carbocycles. The van der Waals surface area contributed by atoms with E-state index in [0.717, 1.165) is 15.6 Å². The molecule has 0 aliphatic carbocycles. The van der Waals surface area contributed by atoms with Crippen LogP contribution in [0, 0.1) is 6.92 Å². The van der Waals surface area contributed by atoms with E-state index in [1.54, 1.807) is 28.9 Å². The summed E-state index contributed by atoms with van der Waals surface area (Å²) in [4.78, 5) is 16.7. The molecule has 0 atom stereocenters. The standard InChI is InChI=1S/C11H11N3OS2/c1-8-13-9(7-17-8)6-12-14-11(15)5-10-3-2-4-16-10/h2-4,6-7H,5H2,1H3,(H,14,15)/b12-6+. The van der Waals surface area contributed by atoms with Gasteiger partial charge in [0.2, 0.25) is 5.91 Å². The predicted octanol–water partition coefficient (Wildman–Crippen LogP) is 2.21. The Morgan fingerprint density at radius 3 is 3.12 bits per heavy atom. The summed E-state index contributed by atoms with van der Waals surface area (Å²) in [6.45, 7) is 1.93. The third-order valence-electron chi connectivity index (χ3n) is 1.94. The Kier molecular flexibility index (Phi) is 4.00. The Hall–Kier alpha value is -1.53. The third-order valence-corrected chi connectivity index (χ3v) is 3.61. The molecule has 0 fully saturated rings. The lowest BCUT2D eigenvalue weighted by atomic mass is 10.3. The summed E-state index contributed by atoms with van der Waals surface area (Å²) in [6, 6.07) is 3.85. The second-order valence-electron chi connectivity index (χ2n) is 3.34. The highest BCUT2D eigenvalue weighted by Crippen LogP contribution is 2.08. The first kappa shape index (κ1) is 11.9. The molecule has 0 spiro atoms. The maximum absolute atomic E-state index is 11.5. The van der Waals surface area contributed by atoms with Crippen molar-refractivity contribution in [2.45, 2.75) is 13.3 Å². The maximum Gasteiger partial charge on any atom is 0.245 e. The molecule has 0 aliphatic heterocycles. The molecular formula is C11H11N3OS2. The van der Waals surface area contributed by atoms with Crippen LogP contribution in [0.1, 0.15) is 15.6 Å². The van der Waals surface area contributed by atoms with Gasteiger partial charge in [-0.15, -0.1) is 22.7 Å². The SMILES string of the molecule is Cc1nc(/C=N/NC(=O)Cc2cccs2)cs1. The molecule has 2 rings (SSSR count). The molecule has 0 unspecified atom stereocenters. The number of aromatic nitrogens is 1. The highest BCUT2D eigenvalue weighted by atomic mass is 32.1. The van der Waals surface area contributed by atoms with Crippen molar-refractivity contribution in [2.75, 3.05) is 0 Å². The number of amides is 1. The number of aryl methyl sites for hydroxylation is 1. The van der Waals surface area contributed by atoms with E-state index in [1.807, 2.05) is 29.8 Å². The van der Waals surface area contributed by atoms with Crippen molar-refractivity contribution in [3.05, 3.63) is 38.5 Å². The number of rotatable bonds is 4. The molecule has 88 valence electrons. The molecule has 0 saturated heterocycles. The summed E-state index contributed by atoms with van der Waals surface area (Å²) >= 11 is 3.11. The lowest BCUT2D eigenvalue weighted by Crippen LogP contribution is -2.19. The zero-order valence-corrected chi connectivity index (χ0v) is 10.8. The van der Waals surface area contributed by atoms with Crippen LogP contribution in [0.4, 0.5) is 0 Å². The first-order valence-electron chi connectivity index (χ1n) is 5.00. The van der Waals surface area contributed by atoms with Gasteiger partial charge < -0.3 is 0 Å². The fraction of sp³-hybridized carbons (Fsp3) is 0.182. The number of carbonyl (C=O) groups is 1. The van der Waals surface area contributed by atoms with Gasteiger partial charge in [-0.05, 0) is 18.4 Å². The first-order chi connectivity index (χ1) is 8.24. The largest absolute Gasteiger partial charge is 0.273 e. The number of hydrogen-bond acceptors (Lipinski definition) is 5. The minimum Gasteiger partial charge on any atom is -0.273 e. The Labute approximate surface area is 107 Å². The molecule has 2 heterocycles. The van der Waals surface area contributed by atoms with Crippen LogP contribution < -0.4 is 5.43 Å². The molecule has 0 bridgehead atoms. The van der Waals surface area contributed by atoms with Gasteiger partial charge in [0.05, 0.1) is 23.3 Å². The van der Waals surface area contributed by atoms with Crippen molar-refractivity contribution >= 4 is 34.8 Å². The van der Waals surface area contributed by atoms with Crippen molar-refractivity contribution in [1.82, 2.24) is 10.4 Å². The number of nitrogens with one attached hydrogen (secondary N) is 1. The zero-order valence-electron chi connectivity index (χ0n) is 9.21. The van der Waals surface area contributed by atoms with Gasteiger partial charge in [-0.1, -0.05) is 6.07 Å². The van der Waals surface area contributed by atoms with E-state index in [0.29, 0.717) is 6.42 Å². The van der Waals surface area contributed by atoms with Crippen molar-refractivity contribution < 1.29 is 4.79 Å². The lowest BCUT2D eigenvalue weighted by molar-refractivity contribution is -0.120. The minimum atomic E-state index is -0.115. The average molecular weight is 265 g/mol. The second-order valence-corrected chi connectivity index (χ2v) is 5.44. The molecule has 1 amide bonds. The number of thiophene rings is 1. The van der Waals surface area contributed by atoms with Crippen LogP contribution >= 0.6 is 22.7 Å². The van der Waals surface area contributed by atoms with Gasteiger partial charge in [0.15, 0.2) is 0 Å². The molecule has 4 nitrogen and oxygen atoms in total. The minimum absolute atomic E-state index is 0.115. The normalized spacial score (nSPS) is 10.9. The fourth-order valence-corrected chi connectivity index (χ4v) is 2.49. The zero-order chi connectivity index (χ0) is 12.1. The van der Waals surface area contributed by atoms with E-state index >= 15 is 0 Å². The lowest BCUT2D eigenvalue weighted by Gasteiger charge is -1.95. The summed E-state index contributed by atoms with van der Waals surface area (Å²) in [5, 5.41) is 8.68. The van der Waals surface area contributed by atoms with Crippen molar-refractivity contribution in [2.24, 2.45) is 5.10 Å². The van der Waals surface area contributed by atoms with Crippen LogP contribution in [0.25, 0.3) is 0 Å². The Morgan fingerprint density at radius 2 is 2.47 bits per heavy atom. The van der Waals surface area contributed by atoms with Gasteiger partial charge in [-0.2, -0.15) is 5.10 Å². The Balaban J connectivity index is 1.82. The highest BCUT2D eigenvalue weighted by molar-refractivity contribution is 7.10. The average Bonchev–Trinajstić information content (AvgIpc) is 2.90. The molecule has 2 aromatic heterocycles. The Bertz CT molecular complexity index is 517. The summed E-state index contributed by atoms with van der Waals surface area (Å²) in [6.07, 6.45) is 1.92. The van der Waals surface area contributed by atoms with Gasteiger partial charge in [0, 0.05) is 10.3 Å². The summed E-state index contributed by atoms with van der Waals surface area (Å²) in [5.74, 6) is -0.115. The highest BCUT2D eigenvalue weighted by Gasteiger charge is 2.02. The Morgan fingerprint density at radius 1 is 1.59 bits per heavy atom. The van der Waals surface area contributed by atoms with E-state index in [-0.39, 0.29) is 5.91 Å². The van der Waals surface area contributed by atoms with Gasteiger partial charge in [0.1, 0.15) is 0 Å². The number of nitrogens with zero attached hydrogens (tertiary/aromatic N) is 2. The van der Waals surface area contributed by atoms with Crippen LogP contribution in [-0.4, -0.2) is 17.1 Å². The van der Waals surface area contributed by atoms with Crippen molar-refractivity contribution in [3.63, 3.8) is 0 Å². The van der Waals surface area contributed by atoms with Gasteiger partial charge >= 0.3 is 0 Å². The predicted molar refractivity (Wildman–Crippen MR) is 70.6 cm³/mol. The van der Waals surface area contributed by atoms with Crippen LogP contribution in [0.5, 0.6) is 0 Å². The first-order valence-corrected chi connectivity index (χ1v) is 6.76.